The molecule has 0 N–H and O–H groups in total. The van der Waals surface area contributed by atoms with Crippen molar-refractivity contribution in [3.05, 3.63) is 17.6 Å². The molecule has 0 saturated heterocycles. The fraction of sp³-hybridized carbons (Fsp3) is 0.455. The van der Waals surface area contributed by atoms with Crippen LogP contribution in [0.5, 0.6) is 0 Å². The van der Waals surface area contributed by atoms with E-state index in [2.05, 4.69) is 20.5 Å². The quantitative estimate of drug-likeness (QED) is 0.708. The third-order valence-electron chi connectivity index (χ3n) is 3.32. The maximum atomic E-state index is 5.23. The van der Waals surface area contributed by atoms with E-state index < -0.39 is 0 Å². The Morgan fingerprint density at radius 3 is 2.94 bits per heavy atom. The van der Waals surface area contributed by atoms with Crippen molar-refractivity contribution < 1.29 is 4.52 Å². The third-order valence-corrected chi connectivity index (χ3v) is 4.24. The van der Waals surface area contributed by atoms with Crippen LogP contribution in [0.25, 0.3) is 15.7 Å². The molecule has 0 radical (unpaired) electrons. The van der Waals surface area contributed by atoms with E-state index in [1.165, 1.54) is 30.6 Å². The summed E-state index contributed by atoms with van der Waals surface area (Å²) >= 11 is 1.48. The molecule has 1 aliphatic rings. The predicted octanol–water partition coefficient (Wildman–Crippen LogP) is 2.42. The second-order valence-corrected chi connectivity index (χ2v) is 5.58. The fourth-order valence-corrected chi connectivity index (χ4v) is 2.91. The van der Waals surface area contributed by atoms with Gasteiger partial charge in [0.15, 0.2) is 16.6 Å². The molecule has 1 aliphatic carbocycles. The lowest BCUT2D eigenvalue weighted by atomic mass is 9.85. The smallest absolute Gasteiger partial charge is 0.235 e. The van der Waals surface area contributed by atoms with Gasteiger partial charge in [0.25, 0.3) is 0 Å². The van der Waals surface area contributed by atoms with Gasteiger partial charge in [-0.1, -0.05) is 22.9 Å². The van der Waals surface area contributed by atoms with Crippen molar-refractivity contribution in [2.45, 2.75) is 32.1 Å². The zero-order valence-corrected chi connectivity index (χ0v) is 10.6. The number of hydrogen-bond acceptors (Lipinski definition) is 6. The van der Waals surface area contributed by atoms with Gasteiger partial charge in [-0.15, -0.1) is 15.3 Å². The Morgan fingerprint density at radius 1 is 1.39 bits per heavy atom. The minimum Gasteiger partial charge on any atom is -0.353 e. The molecule has 7 heteroatoms. The molecule has 3 aromatic heterocycles. The molecule has 0 bridgehead atoms. The number of aromatic nitrogens is 5. The Morgan fingerprint density at radius 2 is 2.28 bits per heavy atom. The monoisotopic (exact) mass is 261 g/mol. The zero-order valence-electron chi connectivity index (χ0n) is 9.83. The molecule has 3 heterocycles. The maximum absolute atomic E-state index is 5.23. The molecule has 92 valence electrons. The zero-order chi connectivity index (χ0) is 12.1. The second kappa shape index (κ2) is 3.61. The number of aryl methyl sites for hydroxylation is 1. The highest BCUT2D eigenvalue weighted by atomic mass is 32.1. The fourth-order valence-electron chi connectivity index (χ4n) is 2.12. The van der Waals surface area contributed by atoms with Crippen LogP contribution in [0.15, 0.2) is 10.6 Å². The van der Waals surface area contributed by atoms with Crippen LogP contribution in [0.3, 0.4) is 0 Å². The van der Waals surface area contributed by atoms with Gasteiger partial charge in [-0.3, -0.25) is 0 Å². The standard InChI is InChI=1S/C11H11N5OS/c1-6-5-8(17-15-6)10-14-16-9(7-3-2-4-7)12-13-11(16)18-10/h5,7H,2-4H2,1H3. The average Bonchev–Trinajstić information content (AvgIpc) is 2.92. The Labute approximate surface area is 107 Å². The first kappa shape index (κ1) is 10.2. The lowest BCUT2D eigenvalue weighted by molar-refractivity contribution is 0.395. The molecule has 1 fully saturated rings. The van der Waals surface area contributed by atoms with Gasteiger partial charge < -0.3 is 4.52 Å². The number of nitrogens with zero attached hydrogens (tertiary/aromatic N) is 5. The van der Waals surface area contributed by atoms with Crippen LogP contribution in [0.4, 0.5) is 0 Å². The molecule has 0 amide bonds. The van der Waals surface area contributed by atoms with E-state index in [0.717, 1.165) is 21.5 Å². The largest absolute Gasteiger partial charge is 0.353 e. The average molecular weight is 261 g/mol. The SMILES string of the molecule is Cc1cc(-c2nn3c(C4CCC4)nnc3s2)on1. The summed E-state index contributed by atoms with van der Waals surface area (Å²) in [5.41, 5.74) is 0.857. The van der Waals surface area contributed by atoms with E-state index >= 15 is 0 Å². The Balaban J connectivity index is 1.81. The molecule has 0 aromatic carbocycles. The van der Waals surface area contributed by atoms with Gasteiger partial charge in [0.05, 0.1) is 5.69 Å². The molecule has 1 saturated carbocycles. The molecule has 3 aromatic rings. The van der Waals surface area contributed by atoms with E-state index in [0.29, 0.717) is 11.7 Å². The summed E-state index contributed by atoms with van der Waals surface area (Å²) in [4.78, 5) is 0.820. The van der Waals surface area contributed by atoms with E-state index in [9.17, 15) is 0 Å². The summed E-state index contributed by atoms with van der Waals surface area (Å²) in [6.45, 7) is 1.90. The summed E-state index contributed by atoms with van der Waals surface area (Å²) in [7, 11) is 0. The first-order chi connectivity index (χ1) is 8.81. The lowest BCUT2D eigenvalue weighted by Gasteiger charge is -2.22. The summed E-state index contributed by atoms with van der Waals surface area (Å²) < 4.78 is 7.08. The first-order valence-electron chi connectivity index (χ1n) is 5.97. The normalized spacial score (nSPS) is 16.3. The molecule has 0 atom stereocenters. The second-order valence-electron chi connectivity index (χ2n) is 4.62. The van der Waals surface area contributed by atoms with Gasteiger partial charge >= 0.3 is 0 Å². The molecule has 0 unspecified atom stereocenters. The maximum Gasteiger partial charge on any atom is 0.235 e. The van der Waals surface area contributed by atoms with Crippen LogP contribution in [0, 0.1) is 6.92 Å². The number of fused-ring (bicyclic) bond motifs is 1. The first-order valence-corrected chi connectivity index (χ1v) is 6.79. The van der Waals surface area contributed by atoms with E-state index in [4.69, 9.17) is 4.52 Å². The van der Waals surface area contributed by atoms with Crippen LogP contribution in [0.1, 0.15) is 36.7 Å². The van der Waals surface area contributed by atoms with E-state index in [1.54, 1.807) is 0 Å². The summed E-state index contributed by atoms with van der Waals surface area (Å²) in [6, 6.07) is 1.88. The van der Waals surface area contributed by atoms with Crippen LogP contribution in [-0.4, -0.2) is 25.0 Å². The number of rotatable bonds is 2. The van der Waals surface area contributed by atoms with Crippen molar-refractivity contribution in [1.82, 2.24) is 25.0 Å². The molecule has 0 aliphatic heterocycles. The van der Waals surface area contributed by atoms with Crippen LogP contribution in [0.2, 0.25) is 0 Å². The minimum absolute atomic E-state index is 0.520. The molecular weight excluding hydrogens is 250 g/mol. The topological polar surface area (TPSA) is 69.1 Å². The highest BCUT2D eigenvalue weighted by Gasteiger charge is 2.26. The Hall–Kier alpha value is -1.76. The van der Waals surface area contributed by atoms with E-state index in [-0.39, 0.29) is 0 Å². The highest BCUT2D eigenvalue weighted by molar-refractivity contribution is 7.19. The highest BCUT2D eigenvalue weighted by Crippen LogP contribution is 2.36. The Bertz CT molecular complexity index is 708. The summed E-state index contributed by atoms with van der Waals surface area (Å²) in [5.74, 6) is 2.20. The van der Waals surface area contributed by atoms with Gasteiger partial charge in [-0.05, 0) is 19.8 Å². The van der Waals surface area contributed by atoms with Crippen molar-refractivity contribution >= 4 is 16.3 Å². The van der Waals surface area contributed by atoms with Crippen molar-refractivity contribution in [1.29, 1.82) is 0 Å². The minimum atomic E-state index is 0.520. The van der Waals surface area contributed by atoms with Gasteiger partial charge in [-0.25, -0.2) is 0 Å². The van der Waals surface area contributed by atoms with Gasteiger partial charge in [0, 0.05) is 12.0 Å². The molecule has 6 nitrogen and oxygen atoms in total. The molecule has 4 rings (SSSR count). The number of hydrogen-bond donors (Lipinski definition) is 0. The third kappa shape index (κ3) is 1.40. The predicted molar refractivity (Wildman–Crippen MR) is 65.5 cm³/mol. The van der Waals surface area contributed by atoms with Gasteiger partial charge in [0.2, 0.25) is 4.96 Å². The van der Waals surface area contributed by atoms with Crippen molar-refractivity contribution in [3.8, 4) is 10.8 Å². The van der Waals surface area contributed by atoms with Crippen molar-refractivity contribution in [2.75, 3.05) is 0 Å². The van der Waals surface area contributed by atoms with Crippen molar-refractivity contribution in [3.63, 3.8) is 0 Å². The van der Waals surface area contributed by atoms with Crippen LogP contribution >= 0.6 is 11.3 Å². The molecule has 0 spiro atoms. The summed E-state index contributed by atoms with van der Waals surface area (Å²) in [5, 5.41) is 17.6. The lowest BCUT2D eigenvalue weighted by Crippen LogP contribution is -2.12. The van der Waals surface area contributed by atoms with Crippen LogP contribution < -0.4 is 0 Å². The molecule has 18 heavy (non-hydrogen) atoms. The van der Waals surface area contributed by atoms with E-state index in [1.807, 2.05) is 17.5 Å². The molecular formula is C11H11N5OS. The van der Waals surface area contributed by atoms with Gasteiger partial charge in [0.1, 0.15) is 0 Å². The Kier molecular flexibility index (Phi) is 2.05. The van der Waals surface area contributed by atoms with Crippen molar-refractivity contribution in [2.24, 2.45) is 0 Å². The summed E-state index contributed by atoms with van der Waals surface area (Å²) in [6.07, 6.45) is 3.65. The van der Waals surface area contributed by atoms with Gasteiger partial charge in [-0.2, -0.15) is 4.52 Å². The van der Waals surface area contributed by atoms with Crippen LogP contribution in [-0.2, 0) is 0 Å².